The largest absolute Gasteiger partial charge is 0.454 e. The predicted octanol–water partition coefficient (Wildman–Crippen LogP) is 3.17. The third-order valence-electron chi connectivity index (χ3n) is 2.79. The lowest BCUT2D eigenvalue weighted by Gasteiger charge is -2.09. The maximum absolute atomic E-state index is 12.9. The Bertz CT molecular complexity index is 684. The summed E-state index contributed by atoms with van der Waals surface area (Å²) >= 11 is 3.23. The number of ether oxygens (including phenoxy) is 2. The molecule has 0 bridgehead atoms. The Labute approximate surface area is 119 Å². The van der Waals surface area contributed by atoms with Crippen LogP contribution in [0.15, 0.2) is 16.6 Å². The van der Waals surface area contributed by atoms with Crippen LogP contribution in [0.5, 0.6) is 11.5 Å². The second kappa shape index (κ2) is 4.30. The van der Waals surface area contributed by atoms with E-state index in [0.717, 1.165) is 0 Å². The van der Waals surface area contributed by atoms with E-state index in [2.05, 4.69) is 21.0 Å². The van der Waals surface area contributed by atoms with Crippen LogP contribution in [0.1, 0.15) is 5.69 Å². The van der Waals surface area contributed by atoms with E-state index in [9.17, 15) is 13.2 Å². The van der Waals surface area contributed by atoms with E-state index < -0.39 is 11.9 Å². The second-order valence-electron chi connectivity index (χ2n) is 4.05. The molecule has 0 saturated carbocycles. The Morgan fingerprint density at radius 3 is 2.75 bits per heavy atom. The maximum Gasteiger partial charge on any atom is 0.433 e. The smallest absolute Gasteiger partial charge is 0.433 e. The minimum Gasteiger partial charge on any atom is -0.454 e. The van der Waals surface area contributed by atoms with Crippen LogP contribution in [0, 0.1) is 0 Å². The average Bonchev–Trinajstić information content (AvgIpc) is 2.93. The molecule has 3 rings (SSSR count). The summed E-state index contributed by atoms with van der Waals surface area (Å²) in [6.07, 6.45) is -4.58. The number of hydrogen-bond donors (Lipinski definition) is 2. The number of H-pyrrole nitrogens is 1. The summed E-state index contributed by atoms with van der Waals surface area (Å²) < 4.78 is 49.6. The first-order valence-electron chi connectivity index (χ1n) is 5.38. The summed E-state index contributed by atoms with van der Waals surface area (Å²) in [5, 5.41) is 5.34. The lowest BCUT2D eigenvalue weighted by molar-refractivity contribution is -0.140. The normalized spacial score (nSPS) is 13.8. The average molecular weight is 350 g/mol. The van der Waals surface area contributed by atoms with Gasteiger partial charge in [-0.1, -0.05) is 0 Å². The molecular formula is C11H7BrF3N3O2. The van der Waals surface area contributed by atoms with E-state index in [1.165, 1.54) is 12.1 Å². The number of nitrogens with two attached hydrogens (primary N) is 1. The highest BCUT2D eigenvalue weighted by Crippen LogP contribution is 2.45. The van der Waals surface area contributed by atoms with Gasteiger partial charge in [0.2, 0.25) is 6.79 Å². The minimum absolute atomic E-state index is 0.0182. The molecule has 0 amide bonds. The number of aromatic nitrogens is 2. The van der Waals surface area contributed by atoms with Crippen LogP contribution >= 0.6 is 15.9 Å². The summed E-state index contributed by atoms with van der Waals surface area (Å²) in [5.41, 5.74) is 4.56. The van der Waals surface area contributed by atoms with Crippen LogP contribution in [0.4, 0.5) is 19.0 Å². The predicted molar refractivity (Wildman–Crippen MR) is 67.3 cm³/mol. The molecule has 0 fully saturated rings. The molecule has 0 saturated heterocycles. The summed E-state index contributed by atoms with van der Waals surface area (Å²) in [6.45, 7) is 0.0182. The highest BCUT2D eigenvalue weighted by Gasteiger charge is 2.38. The van der Waals surface area contributed by atoms with E-state index in [-0.39, 0.29) is 23.7 Å². The van der Waals surface area contributed by atoms with Gasteiger partial charge in [0, 0.05) is 0 Å². The second-order valence-corrected chi connectivity index (χ2v) is 4.90. The molecule has 2 aromatic rings. The number of alkyl halides is 3. The molecule has 1 aliphatic rings. The van der Waals surface area contributed by atoms with Crippen molar-refractivity contribution < 1.29 is 22.6 Å². The van der Waals surface area contributed by atoms with E-state index in [1.54, 1.807) is 0 Å². The minimum atomic E-state index is -4.58. The number of nitrogen functional groups attached to an aromatic ring is 1. The van der Waals surface area contributed by atoms with Crippen molar-refractivity contribution >= 4 is 21.7 Å². The van der Waals surface area contributed by atoms with Crippen molar-refractivity contribution in [1.82, 2.24) is 10.2 Å². The highest BCUT2D eigenvalue weighted by atomic mass is 79.9. The quantitative estimate of drug-likeness (QED) is 0.829. The Morgan fingerprint density at radius 1 is 1.30 bits per heavy atom. The number of rotatable bonds is 1. The van der Waals surface area contributed by atoms with E-state index in [4.69, 9.17) is 15.2 Å². The van der Waals surface area contributed by atoms with Crippen molar-refractivity contribution in [2.75, 3.05) is 12.5 Å². The SMILES string of the molecule is Nc1n[nH]c(C(F)(F)F)c1-c1cc(Br)c2c(c1)OCO2. The van der Waals surface area contributed by atoms with Crippen molar-refractivity contribution in [1.29, 1.82) is 0 Å². The molecule has 3 N–H and O–H groups in total. The monoisotopic (exact) mass is 349 g/mol. The Hall–Kier alpha value is -1.90. The van der Waals surface area contributed by atoms with Crippen molar-refractivity contribution in [2.24, 2.45) is 0 Å². The van der Waals surface area contributed by atoms with Crippen LogP contribution < -0.4 is 15.2 Å². The molecule has 1 aromatic heterocycles. The summed E-state index contributed by atoms with van der Waals surface area (Å²) in [7, 11) is 0. The standard InChI is InChI=1S/C11H7BrF3N3O2/c12-5-1-4(2-6-8(5)20-3-19-6)7-9(11(13,14)15)17-18-10(7)16/h1-2H,3H2,(H3,16,17,18). The summed E-state index contributed by atoms with van der Waals surface area (Å²) in [5.74, 6) is 0.565. The molecule has 1 aliphatic heterocycles. The van der Waals surface area contributed by atoms with Crippen LogP contribution in [0.25, 0.3) is 11.1 Å². The van der Waals surface area contributed by atoms with Gasteiger partial charge in [-0.2, -0.15) is 18.3 Å². The fourth-order valence-electron chi connectivity index (χ4n) is 1.97. The van der Waals surface area contributed by atoms with Gasteiger partial charge < -0.3 is 15.2 Å². The molecule has 0 radical (unpaired) electrons. The molecule has 1 aromatic carbocycles. The molecule has 0 spiro atoms. The topological polar surface area (TPSA) is 73.2 Å². The zero-order valence-corrected chi connectivity index (χ0v) is 11.3. The van der Waals surface area contributed by atoms with E-state index in [0.29, 0.717) is 16.0 Å². The van der Waals surface area contributed by atoms with Crippen molar-refractivity contribution in [3.05, 3.63) is 22.3 Å². The molecule has 2 heterocycles. The first-order valence-corrected chi connectivity index (χ1v) is 6.18. The maximum atomic E-state index is 12.9. The van der Waals surface area contributed by atoms with Crippen LogP contribution in [-0.2, 0) is 6.18 Å². The van der Waals surface area contributed by atoms with Gasteiger partial charge in [-0.15, -0.1) is 0 Å². The first kappa shape index (κ1) is 13.1. The van der Waals surface area contributed by atoms with Gasteiger partial charge in [-0.05, 0) is 33.6 Å². The summed E-state index contributed by atoms with van der Waals surface area (Å²) in [6, 6.07) is 2.91. The van der Waals surface area contributed by atoms with Gasteiger partial charge in [0.1, 0.15) is 5.69 Å². The van der Waals surface area contributed by atoms with E-state index >= 15 is 0 Å². The zero-order chi connectivity index (χ0) is 14.5. The molecule has 0 unspecified atom stereocenters. The molecule has 0 aliphatic carbocycles. The lowest BCUT2D eigenvalue weighted by atomic mass is 10.0. The van der Waals surface area contributed by atoms with Gasteiger partial charge in [0.15, 0.2) is 17.3 Å². The van der Waals surface area contributed by atoms with Crippen molar-refractivity contribution in [3.63, 3.8) is 0 Å². The number of fused-ring (bicyclic) bond motifs is 1. The molecule has 5 nitrogen and oxygen atoms in total. The Kier molecular flexibility index (Phi) is 2.82. The third kappa shape index (κ3) is 1.98. The number of nitrogens with zero attached hydrogens (tertiary/aromatic N) is 1. The number of halogens is 4. The molecule has 20 heavy (non-hydrogen) atoms. The fourth-order valence-corrected chi connectivity index (χ4v) is 2.52. The van der Waals surface area contributed by atoms with Gasteiger partial charge in [0.05, 0.1) is 10.0 Å². The van der Waals surface area contributed by atoms with Crippen LogP contribution in [0.3, 0.4) is 0 Å². The van der Waals surface area contributed by atoms with Gasteiger partial charge in [-0.25, -0.2) is 0 Å². The molecular weight excluding hydrogens is 343 g/mol. The van der Waals surface area contributed by atoms with Crippen LogP contribution in [-0.4, -0.2) is 17.0 Å². The fraction of sp³-hybridized carbons (Fsp3) is 0.182. The van der Waals surface area contributed by atoms with Crippen LogP contribution in [0.2, 0.25) is 0 Å². The van der Waals surface area contributed by atoms with Gasteiger partial charge in [0.25, 0.3) is 0 Å². The molecule has 9 heteroatoms. The molecule has 106 valence electrons. The third-order valence-corrected chi connectivity index (χ3v) is 3.38. The number of anilines is 1. The van der Waals surface area contributed by atoms with Crippen molar-refractivity contribution in [2.45, 2.75) is 6.18 Å². The van der Waals surface area contributed by atoms with Crippen molar-refractivity contribution in [3.8, 4) is 22.6 Å². The number of benzene rings is 1. The Balaban J connectivity index is 2.20. The number of aromatic amines is 1. The number of nitrogens with one attached hydrogen (secondary N) is 1. The Morgan fingerprint density at radius 2 is 2.05 bits per heavy atom. The first-order chi connectivity index (χ1) is 9.38. The van der Waals surface area contributed by atoms with Gasteiger partial charge >= 0.3 is 6.18 Å². The highest BCUT2D eigenvalue weighted by molar-refractivity contribution is 9.10. The zero-order valence-electron chi connectivity index (χ0n) is 9.71. The van der Waals surface area contributed by atoms with Gasteiger partial charge in [-0.3, -0.25) is 5.10 Å². The lowest BCUT2D eigenvalue weighted by Crippen LogP contribution is -2.07. The molecule has 0 atom stereocenters. The number of hydrogen-bond acceptors (Lipinski definition) is 4. The summed E-state index contributed by atoms with van der Waals surface area (Å²) in [4.78, 5) is 0. The van der Waals surface area contributed by atoms with E-state index in [1.807, 2.05) is 5.10 Å².